The summed E-state index contributed by atoms with van der Waals surface area (Å²) >= 11 is 3.41. The lowest BCUT2D eigenvalue weighted by atomic mass is 9.92. The number of amides is 1. The number of carboxylic acid groups (broad SMARTS) is 1. The highest BCUT2D eigenvalue weighted by Gasteiger charge is 2.36. The molecular formula is C17H18BrN3O3. The average Bonchev–Trinajstić information content (AvgIpc) is 2.85. The van der Waals surface area contributed by atoms with E-state index < -0.39 is 12.0 Å². The number of fused-ring (bicyclic) bond motifs is 1. The van der Waals surface area contributed by atoms with Crippen LogP contribution in [0, 0.1) is 6.92 Å². The van der Waals surface area contributed by atoms with Gasteiger partial charge in [-0.25, -0.2) is 4.79 Å². The van der Waals surface area contributed by atoms with E-state index in [0.29, 0.717) is 18.5 Å². The number of carboxylic acids is 1. The summed E-state index contributed by atoms with van der Waals surface area (Å²) < 4.78 is 2.62. The zero-order chi connectivity index (χ0) is 17.4. The van der Waals surface area contributed by atoms with Crippen LogP contribution in [0.5, 0.6) is 0 Å². The summed E-state index contributed by atoms with van der Waals surface area (Å²) in [5.41, 5.74) is 3.40. The van der Waals surface area contributed by atoms with Gasteiger partial charge in [0.15, 0.2) is 6.04 Å². The summed E-state index contributed by atoms with van der Waals surface area (Å²) in [4.78, 5) is 26.0. The Morgan fingerprint density at radius 1 is 1.42 bits per heavy atom. The number of benzene rings is 1. The lowest BCUT2D eigenvalue weighted by molar-refractivity contribution is -0.151. The van der Waals surface area contributed by atoms with Crippen molar-refractivity contribution in [3.05, 3.63) is 51.3 Å². The quantitative estimate of drug-likeness (QED) is 0.870. The number of hydrogen-bond acceptors (Lipinski definition) is 3. The minimum atomic E-state index is -1.01. The number of carbonyl (C=O) groups is 2. The van der Waals surface area contributed by atoms with E-state index in [2.05, 4.69) is 21.0 Å². The van der Waals surface area contributed by atoms with Gasteiger partial charge in [-0.1, -0.05) is 22.0 Å². The van der Waals surface area contributed by atoms with Crippen LogP contribution in [-0.4, -0.2) is 38.2 Å². The maximum absolute atomic E-state index is 12.7. The third kappa shape index (κ3) is 2.96. The molecule has 1 aliphatic heterocycles. The largest absolute Gasteiger partial charge is 0.479 e. The van der Waals surface area contributed by atoms with E-state index in [-0.39, 0.29) is 12.3 Å². The van der Waals surface area contributed by atoms with Gasteiger partial charge >= 0.3 is 5.97 Å². The molecule has 0 radical (unpaired) electrons. The van der Waals surface area contributed by atoms with Gasteiger partial charge in [0.25, 0.3) is 0 Å². The number of nitrogens with zero attached hydrogens (tertiary/aromatic N) is 3. The Bertz CT molecular complexity index is 815. The van der Waals surface area contributed by atoms with Gasteiger partial charge in [-0.3, -0.25) is 9.48 Å². The second-order valence-corrected chi connectivity index (χ2v) is 6.89. The van der Waals surface area contributed by atoms with Crippen molar-refractivity contribution in [1.82, 2.24) is 14.7 Å². The second kappa shape index (κ2) is 6.39. The summed E-state index contributed by atoms with van der Waals surface area (Å²) in [5, 5.41) is 13.8. The third-order valence-corrected chi connectivity index (χ3v) is 5.06. The van der Waals surface area contributed by atoms with Gasteiger partial charge in [0.1, 0.15) is 0 Å². The molecule has 1 unspecified atom stereocenters. The Labute approximate surface area is 148 Å². The molecule has 126 valence electrons. The highest BCUT2D eigenvalue weighted by Crippen LogP contribution is 2.32. The monoisotopic (exact) mass is 391 g/mol. The van der Waals surface area contributed by atoms with E-state index in [1.807, 2.05) is 26.1 Å². The Kier molecular flexibility index (Phi) is 4.45. The molecule has 3 rings (SSSR count). The zero-order valence-corrected chi connectivity index (χ0v) is 15.1. The van der Waals surface area contributed by atoms with Crippen molar-refractivity contribution in [2.75, 3.05) is 6.54 Å². The van der Waals surface area contributed by atoms with Crippen LogP contribution >= 0.6 is 15.9 Å². The Morgan fingerprint density at radius 3 is 2.79 bits per heavy atom. The lowest BCUT2D eigenvalue weighted by Crippen LogP contribution is -2.44. The highest BCUT2D eigenvalue weighted by atomic mass is 79.9. The molecule has 1 N–H and O–H groups in total. The molecule has 2 aromatic rings. The van der Waals surface area contributed by atoms with E-state index in [1.165, 1.54) is 4.90 Å². The van der Waals surface area contributed by atoms with Crippen molar-refractivity contribution in [1.29, 1.82) is 0 Å². The molecule has 0 fully saturated rings. The predicted molar refractivity (Wildman–Crippen MR) is 91.6 cm³/mol. The first kappa shape index (κ1) is 16.7. The molecule has 0 bridgehead atoms. The van der Waals surface area contributed by atoms with Gasteiger partial charge in [0.05, 0.1) is 12.6 Å². The molecule has 1 aromatic carbocycles. The average molecular weight is 392 g/mol. The van der Waals surface area contributed by atoms with Gasteiger partial charge in [-0.15, -0.1) is 0 Å². The standard InChI is InChI=1S/C17H18BrN3O3/c1-10-12(9-19-20(10)2)8-15(22)21-6-5-11-7-13(18)3-4-14(11)16(21)17(23)24/h3-4,7,9,16H,5-6,8H2,1-2H3,(H,23,24). The van der Waals surface area contributed by atoms with Gasteiger partial charge < -0.3 is 10.0 Å². The molecule has 0 saturated carbocycles. The smallest absolute Gasteiger partial charge is 0.331 e. The SMILES string of the molecule is Cc1c(CC(=O)N2CCc3cc(Br)ccc3C2C(=O)O)cnn1C. The molecule has 1 amide bonds. The van der Waals surface area contributed by atoms with E-state index in [4.69, 9.17) is 0 Å². The van der Waals surface area contributed by atoms with Crippen LogP contribution in [-0.2, 0) is 29.5 Å². The molecule has 7 heteroatoms. The number of halogens is 1. The Balaban J connectivity index is 1.89. The van der Waals surface area contributed by atoms with Crippen LogP contribution in [0.25, 0.3) is 0 Å². The summed E-state index contributed by atoms with van der Waals surface area (Å²) in [6.45, 7) is 2.30. The van der Waals surface area contributed by atoms with Crippen molar-refractivity contribution in [3.8, 4) is 0 Å². The van der Waals surface area contributed by atoms with Crippen molar-refractivity contribution in [2.24, 2.45) is 7.05 Å². The number of aromatic nitrogens is 2. The van der Waals surface area contributed by atoms with E-state index in [9.17, 15) is 14.7 Å². The molecule has 6 nitrogen and oxygen atoms in total. The first-order chi connectivity index (χ1) is 11.4. The highest BCUT2D eigenvalue weighted by molar-refractivity contribution is 9.10. The van der Waals surface area contributed by atoms with Crippen LogP contribution in [0.2, 0.25) is 0 Å². The normalized spacial score (nSPS) is 16.8. The van der Waals surface area contributed by atoms with Crippen LogP contribution in [0.15, 0.2) is 28.9 Å². The van der Waals surface area contributed by atoms with E-state index >= 15 is 0 Å². The lowest BCUT2D eigenvalue weighted by Gasteiger charge is -2.35. The molecule has 1 aliphatic rings. The molecular weight excluding hydrogens is 374 g/mol. The predicted octanol–water partition coefficient (Wildman–Crippen LogP) is 2.24. The number of aliphatic carboxylic acids is 1. The molecule has 2 heterocycles. The third-order valence-electron chi connectivity index (χ3n) is 4.57. The fourth-order valence-electron chi connectivity index (χ4n) is 3.11. The molecule has 0 saturated heterocycles. The van der Waals surface area contributed by atoms with Gasteiger partial charge in [-0.2, -0.15) is 5.10 Å². The number of rotatable bonds is 3. The van der Waals surface area contributed by atoms with Gasteiger partial charge in [-0.05, 0) is 36.6 Å². The first-order valence-electron chi connectivity index (χ1n) is 7.66. The summed E-state index contributed by atoms with van der Waals surface area (Å²) in [5.74, 6) is -1.19. The fraction of sp³-hybridized carbons (Fsp3) is 0.353. The zero-order valence-electron chi connectivity index (χ0n) is 13.5. The van der Waals surface area contributed by atoms with Crippen LogP contribution in [0.1, 0.15) is 28.4 Å². The van der Waals surface area contributed by atoms with Crippen molar-refractivity contribution in [3.63, 3.8) is 0 Å². The molecule has 1 atom stereocenters. The molecule has 0 spiro atoms. The maximum atomic E-state index is 12.7. The molecule has 24 heavy (non-hydrogen) atoms. The van der Waals surface area contributed by atoms with Crippen molar-refractivity contribution in [2.45, 2.75) is 25.8 Å². The van der Waals surface area contributed by atoms with Gasteiger partial charge in [0, 0.05) is 29.3 Å². The summed E-state index contributed by atoms with van der Waals surface area (Å²) in [6, 6.07) is 4.59. The summed E-state index contributed by atoms with van der Waals surface area (Å²) in [6.07, 6.45) is 2.48. The Morgan fingerprint density at radius 2 is 2.17 bits per heavy atom. The molecule has 0 aliphatic carbocycles. The minimum Gasteiger partial charge on any atom is -0.479 e. The van der Waals surface area contributed by atoms with E-state index in [1.54, 1.807) is 16.9 Å². The van der Waals surface area contributed by atoms with Gasteiger partial charge in [0.2, 0.25) is 5.91 Å². The number of aryl methyl sites for hydroxylation is 1. The maximum Gasteiger partial charge on any atom is 0.331 e. The first-order valence-corrected chi connectivity index (χ1v) is 8.46. The van der Waals surface area contributed by atoms with Crippen LogP contribution in [0.3, 0.4) is 0 Å². The number of hydrogen-bond donors (Lipinski definition) is 1. The number of carbonyl (C=O) groups excluding carboxylic acids is 1. The van der Waals surface area contributed by atoms with Crippen LogP contribution in [0.4, 0.5) is 0 Å². The van der Waals surface area contributed by atoms with Crippen molar-refractivity contribution < 1.29 is 14.7 Å². The fourth-order valence-corrected chi connectivity index (χ4v) is 3.52. The Hall–Kier alpha value is -2.15. The van der Waals surface area contributed by atoms with Crippen molar-refractivity contribution >= 4 is 27.8 Å². The topological polar surface area (TPSA) is 75.4 Å². The van der Waals surface area contributed by atoms with Crippen LogP contribution < -0.4 is 0 Å². The molecule has 1 aromatic heterocycles. The minimum absolute atomic E-state index is 0.162. The summed E-state index contributed by atoms with van der Waals surface area (Å²) in [7, 11) is 1.82. The second-order valence-electron chi connectivity index (χ2n) is 5.98. The van der Waals surface area contributed by atoms with E-state index in [0.717, 1.165) is 21.3 Å².